The van der Waals surface area contributed by atoms with Crippen molar-refractivity contribution in [2.24, 2.45) is 4.99 Å². The Morgan fingerprint density at radius 1 is 1.14 bits per heavy atom. The molecule has 1 aliphatic heterocycles. The van der Waals surface area contributed by atoms with Crippen LogP contribution in [0, 0.1) is 0 Å². The number of nitrogens with zero attached hydrogens (tertiary/aromatic N) is 2. The number of ether oxygens (including phenoxy) is 1. The Bertz CT molecular complexity index is 943. The third-order valence-electron chi connectivity index (χ3n) is 4.38. The van der Waals surface area contributed by atoms with Crippen LogP contribution in [0.25, 0.3) is 0 Å². The molecule has 2 aromatic rings. The fourth-order valence-corrected chi connectivity index (χ4v) is 3.02. The van der Waals surface area contributed by atoms with Gasteiger partial charge in [0.1, 0.15) is 11.6 Å². The number of methoxy groups -OCH3 is 1. The van der Waals surface area contributed by atoms with E-state index in [9.17, 15) is 22.8 Å². The van der Waals surface area contributed by atoms with Gasteiger partial charge < -0.3 is 10.1 Å². The molecule has 152 valence electrons. The Kier molecular flexibility index (Phi) is 5.32. The van der Waals surface area contributed by atoms with Gasteiger partial charge in [-0.2, -0.15) is 13.2 Å². The SMILES string of the molecule is COc1ccc(CN2C(=O)[C@](NC(C)=O)(C(F)(F)F)N=C2c2ccccc2)cc1. The molecule has 0 saturated carbocycles. The largest absolute Gasteiger partial charge is 0.497 e. The number of benzene rings is 2. The maximum Gasteiger partial charge on any atom is 0.442 e. The number of rotatable bonds is 5. The molecule has 1 N–H and O–H groups in total. The standard InChI is InChI=1S/C20H18F3N3O3/c1-13(27)24-19(20(21,22)23)18(28)26(12-14-8-10-16(29-2)11-9-14)17(25-19)15-6-4-3-5-7-15/h3-11H,12H2,1-2H3,(H,24,27)/t19-/m1/s1. The van der Waals surface area contributed by atoms with Crippen LogP contribution in [-0.2, 0) is 16.1 Å². The first-order valence-corrected chi connectivity index (χ1v) is 8.63. The van der Waals surface area contributed by atoms with Gasteiger partial charge in [0.05, 0.1) is 13.7 Å². The van der Waals surface area contributed by atoms with Gasteiger partial charge in [-0.25, -0.2) is 4.99 Å². The molecule has 1 heterocycles. The van der Waals surface area contributed by atoms with Crippen LogP contribution >= 0.6 is 0 Å². The summed E-state index contributed by atoms with van der Waals surface area (Å²) >= 11 is 0. The van der Waals surface area contributed by atoms with Crippen LogP contribution in [0.15, 0.2) is 59.6 Å². The second-order valence-corrected chi connectivity index (χ2v) is 6.43. The Morgan fingerprint density at radius 2 is 1.76 bits per heavy atom. The molecule has 2 aromatic carbocycles. The summed E-state index contributed by atoms with van der Waals surface area (Å²) in [5.74, 6) is -1.98. The van der Waals surface area contributed by atoms with Crippen molar-refractivity contribution in [1.82, 2.24) is 10.2 Å². The van der Waals surface area contributed by atoms with Gasteiger partial charge in [-0.1, -0.05) is 42.5 Å². The van der Waals surface area contributed by atoms with Crippen molar-refractivity contribution in [3.63, 3.8) is 0 Å². The van der Waals surface area contributed by atoms with Crippen molar-refractivity contribution in [3.8, 4) is 5.75 Å². The first-order valence-electron chi connectivity index (χ1n) is 8.63. The molecule has 2 amide bonds. The van der Waals surface area contributed by atoms with E-state index in [4.69, 9.17) is 4.74 Å². The van der Waals surface area contributed by atoms with Crippen LogP contribution in [0.3, 0.4) is 0 Å². The van der Waals surface area contributed by atoms with Crippen molar-refractivity contribution >= 4 is 17.6 Å². The molecule has 0 unspecified atom stereocenters. The van der Waals surface area contributed by atoms with E-state index in [2.05, 4.69) is 4.99 Å². The second kappa shape index (κ2) is 7.57. The summed E-state index contributed by atoms with van der Waals surface area (Å²) in [7, 11) is 1.49. The molecule has 29 heavy (non-hydrogen) atoms. The van der Waals surface area contributed by atoms with Gasteiger partial charge in [-0.3, -0.25) is 14.5 Å². The molecule has 1 atom stereocenters. The topological polar surface area (TPSA) is 71.0 Å². The summed E-state index contributed by atoms with van der Waals surface area (Å²) in [6.45, 7) is 0.749. The molecule has 0 radical (unpaired) electrons. The first-order chi connectivity index (χ1) is 13.7. The predicted molar refractivity (Wildman–Crippen MR) is 99.1 cm³/mol. The number of nitrogens with one attached hydrogen (secondary N) is 1. The highest BCUT2D eigenvalue weighted by atomic mass is 19.4. The summed E-state index contributed by atoms with van der Waals surface area (Å²) in [5.41, 5.74) is -2.47. The molecule has 1 aliphatic rings. The minimum absolute atomic E-state index is 0.159. The molecule has 6 nitrogen and oxygen atoms in total. The summed E-state index contributed by atoms with van der Waals surface area (Å²) in [6.07, 6.45) is -5.12. The number of amidine groups is 1. The van der Waals surface area contributed by atoms with Gasteiger partial charge in [0.2, 0.25) is 5.91 Å². The van der Waals surface area contributed by atoms with E-state index in [1.54, 1.807) is 59.9 Å². The highest BCUT2D eigenvalue weighted by molar-refractivity contribution is 6.16. The number of alkyl halides is 3. The Morgan fingerprint density at radius 3 is 2.28 bits per heavy atom. The van der Waals surface area contributed by atoms with E-state index in [1.807, 2.05) is 0 Å². The molecule has 0 fully saturated rings. The normalized spacial score (nSPS) is 19.1. The lowest BCUT2D eigenvalue weighted by molar-refractivity contribution is -0.200. The zero-order valence-corrected chi connectivity index (χ0v) is 15.7. The highest BCUT2D eigenvalue weighted by Gasteiger charge is 2.66. The lowest BCUT2D eigenvalue weighted by Gasteiger charge is -2.28. The molecule has 0 aromatic heterocycles. The van der Waals surface area contributed by atoms with Gasteiger partial charge in [-0.15, -0.1) is 0 Å². The molecule has 3 rings (SSSR count). The van der Waals surface area contributed by atoms with Gasteiger partial charge in [0.25, 0.3) is 5.91 Å². The minimum atomic E-state index is -5.12. The molecular formula is C20H18F3N3O3. The number of hydrogen-bond donors (Lipinski definition) is 1. The predicted octanol–water partition coefficient (Wildman–Crippen LogP) is 2.88. The first kappa shape index (κ1) is 20.4. The third-order valence-corrected chi connectivity index (χ3v) is 4.38. The van der Waals surface area contributed by atoms with Crippen LogP contribution in [0.1, 0.15) is 18.1 Å². The third kappa shape index (κ3) is 3.80. The van der Waals surface area contributed by atoms with Crippen LogP contribution in [-0.4, -0.2) is 41.5 Å². The minimum Gasteiger partial charge on any atom is -0.497 e. The Balaban J connectivity index is 2.09. The van der Waals surface area contributed by atoms with Crippen LogP contribution < -0.4 is 10.1 Å². The number of halogens is 3. The van der Waals surface area contributed by atoms with E-state index in [1.165, 1.54) is 7.11 Å². The fourth-order valence-electron chi connectivity index (χ4n) is 3.02. The molecule has 0 bridgehead atoms. The van der Waals surface area contributed by atoms with E-state index in [0.29, 0.717) is 16.9 Å². The van der Waals surface area contributed by atoms with Crippen LogP contribution in [0.4, 0.5) is 13.2 Å². The molecule has 0 aliphatic carbocycles. The molecule has 0 spiro atoms. The Hall–Kier alpha value is -3.36. The van der Waals surface area contributed by atoms with Crippen molar-refractivity contribution < 1.29 is 27.5 Å². The van der Waals surface area contributed by atoms with E-state index >= 15 is 0 Å². The average Bonchev–Trinajstić information content (AvgIpc) is 2.96. The lowest BCUT2D eigenvalue weighted by Crippen LogP contribution is -2.62. The summed E-state index contributed by atoms with van der Waals surface area (Å²) in [5, 5.41) is 1.72. The van der Waals surface area contributed by atoms with Crippen molar-refractivity contribution in [3.05, 3.63) is 65.7 Å². The quantitative estimate of drug-likeness (QED) is 0.832. The van der Waals surface area contributed by atoms with E-state index in [-0.39, 0.29) is 12.4 Å². The molecule has 0 saturated heterocycles. The zero-order chi connectivity index (χ0) is 21.2. The van der Waals surface area contributed by atoms with Gasteiger partial charge in [0, 0.05) is 12.5 Å². The number of hydrogen-bond acceptors (Lipinski definition) is 4. The van der Waals surface area contributed by atoms with Gasteiger partial charge in [0.15, 0.2) is 0 Å². The molecule has 9 heteroatoms. The number of carbonyl (C=O) groups excluding carboxylic acids is 2. The smallest absolute Gasteiger partial charge is 0.442 e. The van der Waals surface area contributed by atoms with E-state index < -0.39 is 23.7 Å². The van der Waals surface area contributed by atoms with Crippen LogP contribution in [0.5, 0.6) is 5.75 Å². The average molecular weight is 405 g/mol. The monoisotopic (exact) mass is 405 g/mol. The fraction of sp³-hybridized carbons (Fsp3) is 0.250. The maximum atomic E-state index is 13.9. The summed E-state index contributed by atoms with van der Waals surface area (Å²) < 4.78 is 46.9. The highest BCUT2D eigenvalue weighted by Crippen LogP contribution is 2.39. The zero-order valence-electron chi connectivity index (χ0n) is 15.7. The maximum absolute atomic E-state index is 13.9. The Labute approximate surface area is 165 Å². The number of amides is 2. The molecular weight excluding hydrogens is 387 g/mol. The second-order valence-electron chi connectivity index (χ2n) is 6.43. The number of aliphatic imine (C=N–C) groups is 1. The van der Waals surface area contributed by atoms with Crippen LogP contribution in [0.2, 0.25) is 0 Å². The van der Waals surface area contributed by atoms with Crippen molar-refractivity contribution in [2.75, 3.05) is 7.11 Å². The van der Waals surface area contributed by atoms with Gasteiger partial charge >= 0.3 is 11.8 Å². The van der Waals surface area contributed by atoms with Gasteiger partial charge in [-0.05, 0) is 17.7 Å². The van der Waals surface area contributed by atoms with Crippen molar-refractivity contribution in [2.45, 2.75) is 25.3 Å². The summed E-state index contributed by atoms with van der Waals surface area (Å²) in [4.78, 5) is 29.1. The van der Waals surface area contributed by atoms with Crippen molar-refractivity contribution in [1.29, 1.82) is 0 Å². The lowest BCUT2D eigenvalue weighted by atomic mass is 10.1. The summed E-state index contributed by atoms with van der Waals surface area (Å²) in [6, 6.07) is 14.6. The van der Waals surface area contributed by atoms with E-state index in [0.717, 1.165) is 11.8 Å². The number of carbonyl (C=O) groups is 2.